The van der Waals surface area contributed by atoms with E-state index in [1.165, 1.54) is 12.1 Å². The van der Waals surface area contributed by atoms with Crippen LogP contribution in [0.2, 0.25) is 0 Å². The van der Waals surface area contributed by atoms with Gasteiger partial charge >= 0.3 is 0 Å². The van der Waals surface area contributed by atoms with Crippen molar-refractivity contribution in [1.29, 1.82) is 0 Å². The standard InChI is InChI=1S/C11H9BrFN3S/c12-9-5-8(13)2-1-7(9)6-16-4-3-15-11(16)10(14)17/h1-5H,6H2,(H2,14,17). The third-order valence-electron chi connectivity index (χ3n) is 2.29. The number of nitrogens with zero attached hydrogens (tertiary/aromatic N) is 2. The second-order valence-electron chi connectivity index (χ2n) is 3.48. The van der Waals surface area contributed by atoms with Gasteiger partial charge in [-0.2, -0.15) is 0 Å². The molecule has 88 valence electrons. The van der Waals surface area contributed by atoms with E-state index in [2.05, 4.69) is 20.9 Å². The summed E-state index contributed by atoms with van der Waals surface area (Å²) in [4.78, 5) is 4.31. The first-order chi connectivity index (χ1) is 8.08. The predicted molar refractivity (Wildman–Crippen MR) is 71.3 cm³/mol. The molecule has 0 amide bonds. The fourth-order valence-corrected chi connectivity index (χ4v) is 2.14. The zero-order chi connectivity index (χ0) is 12.4. The van der Waals surface area contributed by atoms with E-state index in [1.54, 1.807) is 18.5 Å². The lowest BCUT2D eigenvalue weighted by Gasteiger charge is -2.08. The summed E-state index contributed by atoms with van der Waals surface area (Å²) in [5.74, 6) is 0.275. The van der Waals surface area contributed by atoms with Gasteiger partial charge in [-0.15, -0.1) is 0 Å². The molecule has 0 saturated carbocycles. The molecule has 0 spiro atoms. The number of rotatable bonds is 3. The molecule has 0 fully saturated rings. The maximum absolute atomic E-state index is 12.9. The van der Waals surface area contributed by atoms with Crippen molar-refractivity contribution >= 4 is 33.1 Å². The quantitative estimate of drug-likeness (QED) is 0.885. The van der Waals surface area contributed by atoms with Crippen LogP contribution in [-0.2, 0) is 6.54 Å². The molecule has 0 unspecified atom stereocenters. The molecule has 6 heteroatoms. The summed E-state index contributed by atoms with van der Waals surface area (Å²) in [5, 5.41) is 0. The second kappa shape index (κ2) is 4.93. The predicted octanol–water partition coefficient (Wildman–Crippen LogP) is 2.47. The number of thiocarbonyl (C=S) groups is 1. The van der Waals surface area contributed by atoms with Crippen molar-refractivity contribution in [1.82, 2.24) is 9.55 Å². The molecule has 1 aromatic heterocycles. The van der Waals surface area contributed by atoms with E-state index in [0.717, 1.165) is 5.56 Å². The Hall–Kier alpha value is -1.27. The third-order valence-corrected chi connectivity index (χ3v) is 3.21. The number of halogens is 2. The molecule has 17 heavy (non-hydrogen) atoms. The molecule has 1 aromatic carbocycles. The summed E-state index contributed by atoms with van der Waals surface area (Å²) >= 11 is 8.21. The topological polar surface area (TPSA) is 43.8 Å². The molecule has 3 nitrogen and oxygen atoms in total. The van der Waals surface area contributed by atoms with E-state index in [0.29, 0.717) is 16.8 Å². The summed E-state index contributed by atoms with van der Waals surface area (Å²) in [6.07, 6.45) is 3.41. The maximum atomic E-state index is 12.9. The lowest BCUT2D eigenvalue weighted by Crippen LogP contribution is -2.17. The Morgan fingerprint density at radius 2 is 2.29 bits per heavy atom. The number of imidazole rings is 1. The highest BCUT2D eigenvalue weighted by Crippen LogP contribution is 2.19. The normalized spacial score (nSPS) is 10.5. The van der Waals surface area contributed by atoms with E-state index in [-0.39, 0.29) is 10.8 Å². The number of aromatic nitrogens is 2. The van der Waals surface area contributed by atoms with Gasteiger partial charge < -0.3 is 10.3 Å². The van der Waals surface area contributed by atoms with Crippen LogP contribution in [0.4, 0.5) is 4.39 Å². The highest BCUT2D eigenvalue weighted by Gasteiger charge is 2.08. The van der Waals surface area contributed by atoms with Crippen molar-refractivity contribution in [2.75, 3.05) is 0 Å². The number of benzene rings is 1. The van der Waals surface area contributed by atoms with Crippen molar-refractivity contribution in [3.05, 3.63) is 52.3 Å². The zero-order valence-corrected chi connectivity index (χ0v) is 11.1. The van der Waals surface area contributed by atoms with Gasteiger partial charge in [-0.3, -0.25) is 0 Å². The van der Waals surface area contributed by atoms with Gasteiger partial charge in [0.05, 0.1) is 6.54 Å². The first-order valence-corrected chi connectivity index (χ1v) is 6.03. The molecule has 0 aliphatic rings. The van der Waals surface area contributed by atoms with Gasteiger partial charge in [0.2, 0.25) is 0 Å². The summed E-state index contributed by atoms with van der Waals surface area (Å²) in [6.45, 7) is 0.535. The van der Waals surface area contributed by atoms with Crippen LogP contribution in [-0.4, -0.2) is 14.5 Å². The van der Waals surface area contributed by atoms with Crippen LogP contribution in [0.15, 0.2) is 35.1 Å². The molecule has 0 aliphatic heterocycles. The van der Waals surface area contributed by atoms with Gasteiger partial charge in [-0.1, -0.05) is 34.2 Å². The molecule has 2 N–H and O–H groups in total. The van der Waals surface area contributed by atoms with Crippen molar-refractivity contribution in [2.24, 2.45) is 5.73 Å². The summed E-state index contributed by atoms with van der Waals surface area (Å²) in [7, 11) is 0. The van der Waals surface area contributed by atoms with Gasteiger partial charge in [0.1, 0.15) is 10.8 Å². The van der Waals surface area contributed by atoms with Crippen LogP contribution in [0.25, 0.3) is 0 Å². The van der Waals surface area contributed by atoms with Crippen LogP contribution in [0.1, 0.15) is 11.4 Å². The largest absolute Gasteiger partial charge is 0.387 e. The molecule has 0 saturated heterocycles. The fraction of sp³-hybridized carbons (Fsp3) is 0.0909. The van der Waals surface area contributed by atoms with Gasteiger partial charge in [-0.05, 0) is 17.7 Å². The van der Waals surface area contributed by atoms with Crippen molar-refractivity contribution in [3.63, 3.8) is 0 Å². The van der Waals surface area contributed by atoms with Crippen LogP contribution in [0.5, 0.6) is 0 Å². The second-order valence-corrected chi connectivity index (χ2v) is 4.77. The van der Waals surface area contributed by atoms with Gasteiger partial charge in [-0.25, -0.2) is 9.37 Å². The first kappa shape index (κ1) is 12.2. The molecular formula is C11H9BrFN3S. The Balaban J connectivity index is 2.31. The van der Waals surface area contributed by atoms with Gasteiger partial charge in [0.25, 0.3) is 0 Å². The molecule has 2 rings (SSSR count). The Morgan fingerprint density at radius 1 is 1.53 bits per heavy atom. The molecule has 2 aromatic rings. The van der Waals surface area contributed by atoms with E-state index >= 15 is 0 Å². The van der Waals surface area contributed by atoms with E-state index in [4.69, 9.17) is 18.0 Å². The molecule has 0 bridgehead atoms. The average Bonchev–Trinajstić information content (AvgIpc) is 2.70. The van der Waals surface area contributed by atoms with E-state index in [1.807, 2.05) is 4.57 Å². The van der Waals surface area contributed by atoms with Gasteiger partial charge in [0.15, 0.2) is 5.82 Å². The Labute approximate surface area is 112 Å². The Bertz CT molecular complexity index is 568. The third kappa shape index (κ3) is 2.70. The lowest BCUT2D eigenvalue weighted by atomic mass is 10.2. The molecule has 1 heterocycles. The van der Waals surface area contributed by atoms with Crippen molar-refractivity contribution < 1.29 is 4.39 Å². The SMILES string of the molecule is NC(=S)c1nccn1Cc1ccc(F)cc1Br. The van der Waals surface area contributed by atoms with E-state index < -0.39 is 0 Å². The minimum absolute atomic E-state index is 0.244. The lowest BCUT2D eigenvalue weighted by molar-refractivity contribution is 0.625. The highest BCUT2D eigenvalue weighted by molar-refractivity contribution is 9.10. The summed E-state index contributed by atoms with van der Waals surface area (Å²) in [5.41, 5.74) is 6.48. The first-order valence-electron chi connectivity index (χ1n) is 4.83. The molecule has 0 radical (unpaired) electrons. The average molecular weight is 314 g/mol. The minimum Gasteiger partial charge on any atom is -0.387 e. The van der Waals surface area contributed by atoms with Crippen molar-refractivity contribution in [2.45, 2.75) is 6.54 Å². The Kier molecular flexibility index (Phi) is 3.54. The monoisotopic (exact) mass is 313 g/mol. The Morgan fingerprint density at radius 3 is 2.94 bits per heavy atom. The van der Waals surface area contributed by atoms with E-state index in [9.17, 15) is 4.39 Å². The minimum atomic E-state index is -0.277. The zero-order valence-electron chi connectivity index (χ0n) is 8.73. The van der Waals surface area contributed by atoms with Crippen LogP contribution in [0.3, 0.4) is 0 Å². The highest BCUT2D eigenvalue weighted by atomic mass is 79.9. The molecular weight excluding hydrogens is 305 g/mol. The van der Waals surface area contributed by atoms with Crippen LogP contribution >= 0.6 is 28.1 Å². The molecule has 0 aliphatic carbocycles. The van der Waals surface area contributed by atoms with Crippen molar-refractivity contribution in [3.8, 4) is 0 Å². The number of hydrogen-bond donors (Lipinski definition) is 1. The van der Waals surface area contributed by atoms with Gasteiger partial charge in [0, 0.05) is 16.9 Å². The molecule has 0 atom stereocenters. The number of nitrogens with two attached hydrogens (primary N) is 1. The van der Waals surface area contributed by atoms with Crippen LogP contribution in [0, 0.1) is 5.82 Å². The number of hydrogen-bond acceptors (Lipinski definition) is 2. The van der Waals surface area contributed by atoms with Crippen LogP contribution < -0.4 is 5.73 Å². The summed E-state index contributed by atoms with van der Waals surface area (Å²) < 4.78 is 15.5. The smallest absolute Gasteiger partial charge is 0.167 e. The maximum Gasteiger partial charge on any atom is 0.167 e. The fourth-order valence-electron chi connectivity index (χ4n) is 1.50. The summed E-state index contributed by atoms with van der Waals surface area (Å²) in [6, 6.07) is 4.55.